The van der Waals surface area contributed by atoms with Gasteiger partial charge in [-0.2, -0.15) is 9.61 Å². The van der Waals surface area contributed by atoms with Gasteiger partial charge in [-0.15, -0.1) is 0 Å². The standard InChI is InChI=1S/C22H19ClN4O3S/c1-13-5-3-8-18(9-13)30-14(2)20(29)24-12-17-11-19(28)27-22(25-17)31-21(26-27)15-6-4-7-16(23)10-15/h3-11,14H,12H2,1-2H3,(H,24,29)/t14-/m0/s1. The van der Waals surface area contributed by atoms with Gasteiger partial charge in [0.05, 0.1) is 12.2 Å². The highest BCUT2D eigenvalue weighted by Crippen LogP contribution is 2.26. The third-order valence-electron chi connectivity index (χ3n) is 4.48. The van der Waals surface area contributed by atoms with Crippen molar-refractivity contribution >= 4 is 33.8 Å². The number of nitrogens with one attached hydrogen (secondary N) is 1. The molecule has 158 valence electrons. The second-order valence-electron chi connectivity index (χ2n) is 6.99. The summed E-state index contributed by atoms with van der Waals surface area (Å²) in [6.07, 6.45) is -0.690. The van der Waals surface area contributed by atoms with Crippen LogP contribution in [0.25, 0.3) is 15.5 Å². The molecule has 0 bridgehead atoms. The van der Waals surface area contributed by atoms with Crippen LogP contribution in [-0.4, -0.2) is 26.6 Å². The number of hydrogen-bond donors (Lipinski definition) is 1. The maximum atomic E-state index is 12.5. The molecule has 7 nitrogen and oxygen atoms in total. The minimum atomic E-state index is -0.690. The molecule has 4 aromatic rings. The normalized spacial score (nSPS) is 12.0. The third-order valence-corrected chi connectivity index (χ3v) is 5.68. The Kier molecular flexibility index (Phi) is 6.01. The highest BCUT2D eigenvalue weighted by Gasteiger charge is 2.16. The van der Waals surface area contributed by atoms with Gasteiger partial charge in [-0.3, -0.25) is 9.59 Å². The highest BCUT2D eigenvalue weighted by atomic mass is 35.5. The number of halogens is 1. The van der Waals surface area contributed by atoms with Crippen LogP contribution in [0.1, 0.15) is 18.2 Å². The smallest absolute Gasteiger partial charge is 0.275 e. The van der Waals surface area contributed by atoms with Crippen LogP contribution in [0.4, 0.5) is 0 Å². The van der Waals surface area contributed by atoms with Crippen LogP contribution in [0.5, 0.6) is 5.75 Å². The van der Waals surface area contributed by atoms with E-state index >= 15 is 0 Å². The molecular weight excluding hydrogens is 436 g/mol. The molecule has 2 aromatic carbocycles. The zero-order valence-electron chi connectivity index (χ0n) is 16.8. The summed E-state index contributed by atoms with van der Waals surface area (Å²) in [7, 11) is 0. The van der Waals surface area contributed by atoms with E-state index in [1.54, 1.807) is 25.1 Å². The van der Waals surface area contributed by atoms with E-state index in [2.05, 4.69) is 15.4 Å². The Hall–Kier alpha value is -3.23. The molecule has 1 amide bonds. The number of nitrogens with zero attached hydrogens (tertiary/aromatic N) is 3. The van der Waals surface area contributed by atoms with Gasteiger partial charge in [0.25, 0.3) is 11.5 Å². The van der Waals surface area contributed by atoms with Crippen molar-refractivity contribution in [2.75, 3.05) is 0 Å². The van der Waals surface area contributed by atoms with Crippen molar-refractivity contribution in [3.8, 4) is 16.3 Å². The Bertz CT molecular complexity index is 1320. The van der Waals surface area contributed by atoms with Gasteiger partial charge in [0.1, 0.15) is 10.8 Å². The average Bonchev–Trinajstić information content (AvgIpc) is 3.17. The fourth-order valence-corrected chi connectivity index (χ4v) is 4.06. The molecule has 0 saturated heterocycles. The largest absolute Gasteiger partial charge is 0.481 e. The molecular formula is C22H19ClN4O3S. The average molecular weight is 455 g/mol. The lowest BCUT2D eigenvalue weighted by molar-refractivity contribution is -0.127. The van der Waals surface area contributed by atoms with Gasteiger partial charge < -0.3 is 10.1 Å². The van der Waals surface area contributed by atoms with Crippen molar-refractivity contribution in [2.24, 2.45) is 0 Å². The lowest BCUT2D eigenvalue weighted by atomic mass is 10.2. The van der Waals surface area contributed by atoms with Crippen LogP contribution >= 0.6 is 22.9 Å². The van der Waals surface area contributed by atoms with Crippen LogP contribution in [0.3, 0.4) is 0 Å². The second kappa shape index (κ2) is 8.87. The van der Waals surface area contributed by atoms with Gasteiger partial charge in [-0.05, 0) is 43.7 Å². The predicted octanol–water partition coefficient (Wildman–Crippen LogP) is 3.86. The molecule has 2 aromatic heterocycles. The number of fused-ring (bicyclic) bond motifs is 1. The quantitative estimate of drug-likeness (QED) is 0.478. The number of ether oxygens (including phenoxy) is 1. The molecule has 0 unspecified atom stereocenters. The number of carbonyl (C=O) groups excluding carboxylic acids is 1. The molecule has 1 atom stereocenters. The molecule has 4 rings (SSSR count). The summed E-state index contributed by atoms with van der Waals surface area (Å²) in [5.41, 5.74) is 1.98. The van der Waals surface area contributed by atoms with E-state index in [-0.39, 0.29) is 18.0 Å². The summed E-state index contributed by atoms with van der Waals surface area (Å²) < 4.78 is 6.93. The monoisotopic (exact) mass is 454 g/mol. The zero-order valence-corrected chi connectivity index (χ0v) is 18.4. The maximum absolute atomic E-state index is 12.5. The van der Waals surface area contributed by atoms with Crippen LogP contribution in [0.2, 0.25) is 5.02 Å². The molecule has 0 aliphatic heterocycles. The van der Waals surface area contributed by atoms with Gasteiger partial charge in [0.15, 0.2) is 6.10 Å². The second-order valence-corrected chi connectivity index (χ2v) is 8.38. The summed E-state index contributed by atoms with van der Waals surface area (Å²) in [6.45, 7) is 3.73. The molecule has 1 N–H and O–H groups in total. The van der Waals surface area contributed by atoms with Gasteiger partial charge >= 0.3 is 0 Å². The maximum Gasteiger partial charge on any atom is 0.275 e. The van der Waals surface area contributed by atoms with Crippen molar-refractivity contribution in [1.82, 2.24) is 19.9 Å². The number of carbonyl (C=O) groups is 1. The van der Waals surface area contributed by atoms with Crippen molar-refractivity contribution < 1.29 is 9.53 Å². The Morgan fingerprint density at radius 1 is 1.23 bits per heavy atom. The third kappa shape index (κ3) is 4.92. The highest BCUT2D eigenvalue weighted by molar-refractivity contribution is 7.19. The first-order chi connectivity index (χ1) is 14.9. The molecule has 31 heavy (non-hydrogen) atoms. The van der Waals surface area contributed by atoms with E-state index < -0.39 is 6.10 Å². The van der Waals surface area contributed by atoms with Gasteiger partial charge in [-0.25, -0.2) is 4.98 Å². The fraction of sp³-hybridized carbons (Fsp3) is 0.182. The SMILES string of the molecule is Cc1cccc(O[C@@H](C)C(=O)NCc2cc(=O)n3nc(-c4cccc(Cl)c4)sc3n2)c1. The van der Waals surface area contributed by atoms with E-state index in [4.69, 9.17) is 16.3 Å². The molecule has 2 heterocycles. The Morgan fingerprint density at radius 2 is 2.03 bits per heavy atom. The predicted molar refractivity (Wildman–Crippen MR) is 121 cm³/mol. The first kappa shape index (κ1) is 21.0. The number of amides is 1. The van der Waals surface area contributed by atoms with Crippen molar-refractivity contribution in [1.29, 1.82) is 0 Å². The minimum absolute atomic E-state index is 0.108. The Morgan fingerprint density at radius 3 is 2.81 bits per heavy atom. The molecule has 0 aliphatic rings. The lowest BCUT2D eigenvalue weighted by Gasteiger charge is -2.14. The van der Waals surface area contributed by atoms with E-state index in [0.717, 1.165) is 11.1 Å². The van der Waals surface area contributed by atoms with Gasteiger partial charge in [0, 0.05) is 16.7 Å². The zero-order chi connectivity index (χ0) is 22.0. The molecule has 9 heteroatoms. The van der Waals surface area contributed by atoms with E-state index in [1.807, 2.05) is 37.3 Å². The number of aromatic nitrogens is 3. The summed E-state index contributed by atoms with van der Waals surface area (Å²) in [4.78, 5) is 29.8. The first-order valence-corrected chi connectivity index (χ1v) is 10.8. The molecule has 0 fully saturated rings. The molecule has 0 saturated carbocycles. The summed E-state index contributed by atoms with van der Waals surface area (Å²) in [6, 6.07) is 16.1. The molecule has 0 spiro atoms. The summed E-state index contributed by atoms with van der Waals surface area (Å²) in [5, 5.41) is 8.32. The van der Waals surface area contributed by atoms with Crippen molar-refractivity contribution in [2.45, 2.75) is 26.5 Å². The van der Waals surface area contributed by atoms with Crippen molar-refractivity contribution in [3.05, 3.63) is 81.2 Å². The first-order valence-electron chi connectivity index (χ1n) is 9.56. The summed E-state index contributed by atoms with van der Waals surface area (Å²) >= 11 is 7.32. The molecule has 0 radical (unpaired) electrons. The van der Waals surface area contributed by atoms with E-state index in [0.29, 0.717) is 26.4 Å². The van der Waals surface area contributed by atoms with Crippen LogP contribution < -0.4 is 15.6 Å². The number of hydrogen-bond acceptors (Lipinski definition) is 6. The lowest BCUT2D eigenvalue weighted by Crippen LogP contribution is -2.36. The minimum Gasteiger partial charge on any atom is -0.481 e. The van der Waals surface area contributed by atoms with E-state index in [9.17, 15) is 9.59 Å². The van der Waals surface area contributed by atoms with Gasteiger partial charge in [0.2, 0.25) is 4.96 Å². The van der Waals surface area contributed by atoms with Crippen molar-refractivity contribution in [3.63, 3.8) is 0 Å². The topological polar surface area (TPSA) is 85.6 Å². The Balaban J connectivity index is 1.47. The van der Waals surface area contributed by atoms with Crippen LogP contribution in [-0.2, 0) is 11.3 Å². The summed E-state index contributed by atoms with van der Waals surface area (Å²) in [5.74, 6) is 0.325. The number of benzene rings is 2. The number of rotatable bonds is 6. The van der Waals surface area contributed by atoms with Crippen LogP contribution in [0.15, 0.2) is 59.4 Å². The molecule has 0 aliphatic carbocycles. The fourth-order valence-electron chi connectivity index (χ4n) is 2.95. The van der Waals surface area contributed by atoms with Gasteiger partial charge in [-0.1, -0.05) is 47.2 Å². The Labute approximate surface area is 187 Å². The van der Waals surface area contributed by atoms with E-state index in [1.165, 1.54) is 21.9 Å². The van der Waals surface area contributed by atoms with Crippen LogP contribution in [0, 0.1) is 6.92 Å². The number of aryl methyl sites for hydroxylation is 1.